The number of hydrogen-bond donors (Lipinski definition) is 7. The number of H-pyrrole nitrogens is 1. The molecule has 38 heavy (non-hydrogen) atoms. The fourth-order valence-electron chi connectivity index (χ4n) is 4.00. The van der Waals surface area contributed by atoms with Gasteiger partial charge in [0.1, 0.15) is 18.1 Å². The molecular weight excluding hydrogens is 510 g/mol. The highest BCUT2D eigenvalue weighted by atomic mass is 32.2. The van der Waals surface area contributed by atoms with Gasteiger partial charge < -0.3 is 36.9 Å². The van der Waals surface area contributed by atoms with Gasteiger partial charge >= 0.3 is 5.97 Å². The number of nitrogens with one attached hydrogen (secondary N) is 4. The summed E-state index contributed by atoms with van der Waals surface area (Å²) in [6.45, 7) is 5.07. The molecule has 0 aliphatic rings. The number of aromatic amines is 1. The lowest BCUT2D eigenvalue weighted by atomic mass is 10.0. The fraction of sp³-hybridized carbons (Fsp3) is 0.538. The van der Waals surface area contributed by atoms with Crippen molar-refractivity contribution >= 4 is 46.4 Å². The van der Waals surface area contributed by atoms with Gasteiger partial charge in [-0.2, -0.15) is 11.8 Å². The first kappa shape index (κ1) is 31.1. The minimum Gasteiger partial charge on any atom is -0.480 e. The third-order valence-corrected chi connectivity index (χ3v) is 6.73. The summed E-state index contributed by atoms with van der Waals surface area (Å²) in [5.74, 6) is -2.56. The number of aromatic nitrogens is 1. The summed E-state index contributed by atoms with van der Waals surface area (Å²) in [6.07, 6.45) is 2.96. The maximum atomic E-state index is 13.1. The smallest absolute Gasteiger partial charge is 0.326 e. The number of para-hydroxylation sites is 1. The van der Waals surface area contributed by atoms with Crippen LogP contribution in [0.25, 0.3) is 10.9 Å². The van der Waals surface area contributed by atoms with E-state index in [2.05, 4.69) is 20.9 Å². The van der Waals surface area contributed by atoms with Gasteiger partial charge in [0.05, 0.1) is 12.1 Å². The number of thioether (sulfide) groups is 1. The van der Waals surface area contributed by atoms with Crippen LogP contribution in [0.3, 0.4) is 0 Å². The first-order chi connectivity index (χ1) is 17.9. The normalized spacial score (nSPS) is 15.3. The Morgan fingerprint density at radius 1 is 1.00 bits per heavy atom. The molecule has 8 N–H and O–H groups in total. The second kappa shape index (κ2) is 14.7. The van der Waals surface area contributed by atoms with Crippen molar-refractivity contribution in [1.82, 2.24) is 20.9 Å². The number of hydrogen-bond acceptors (Lipinski definition) is 7. The third-order valence-electron chi connectivity index (χ3n) is 6.09. The molecule has 5 atom stereocenters. The standard InChI is InChI=1S/C26H39N5O6S/c1-14(2)11-20(29-23(33)18(27)9-10-38-4)24(34)31-22(15(3)32)25(35)30-21(26(36)37)12-16-13-28-19-8-6-5-7-17(16)19/h5-8,13-15,18,20-22,28,32H,9-12,27H2,1-4H3,(H,29,33)(H,30,35)(H,31,34)(H,36,37). The van der Waals surface area contributed by atoms with E-state index >= 15 is 0 Å². The average Bonchev–Trinajstić information content (AvgIpc) is 3.26. The van der Waals surface area contributed by atoms with Crippen molar-refractivity contribution in [1.29, 1.82) is 0 Å². The van der Waals surface area contributed by atoms with Crippen LogP contribution in [0.1, 0.15) is 39.2 Å². The highest BCUT2D eigenvalue weighted by Crippen LogP contribution is 2.19. The number of amides is 3. The molecule has 0 saturated heterocycles. The van der Waals surface area contributed by atoms with E-state index in [1.807, 2.05) is 44.4 Å². The summed E-state index contributed by atoms with van der Waals surface area (Å²) in [6, 6.07) is 2.85. The number of carbonyl (C=O) groups excluding carboxylic acids is 3. The molecule has 0 saturated carbocycles. The molecular formula is C26H39N5O6S. The lowest BCUT2D eigenvalue weighted by Crippen LogP contribution is -2.60. The van der Waals surface area contributed by atoms with Crippen LogP contribution in [0.15, 0.2) is 30.5 Å². The Labute approximate surface area is 226 Å². The predicted molar refractivity (Wildman–Crippen MR) is 148 cm³/mol. The Bertz CT molecular complexity index is 1100. The van der Waals surface area contributed by atoms with E-state index in [0.717, 1.165) is 10.9 Å². The summed E-state index contributed by atoms with van der Waals surface area (Å²) in [5, 5.41) is 28.4. The van der Waals surface area contributed by atoms with Gasteiger partial charge in [0.2, 0.25) is 17.7 Å². The molecule has 11 nitrogen and oxygen atoms in total. The van der Waals surface area contributed by atoms with Gasteiger partial charge in [0.15, 0.2) is 0 Å². The molecule has 3 amide bonds. The Hall–Kier alpha value is -3.09. The molecule has 0 spiro atoms. The van der Waals surface area contributed by atoms with Crippen LogP contribution in [-0.2, 0) is 25.6 Å². The van der Waals surface area contributed by atoms with Crippen molar-refractivity contribution in [3.05, 3.63) is 36.0 Å². The van der Waals surface area contributed by atoms with Crippen molar-refractivity contribution in [2.24, 2.45) is 11.7 Å². The van der Waals surface area contributed by atoms with Crippen LogP contribution >= 0.6 is 11.8 Å². The van der Waals surface area contributed by atoms with Crippen molar-refractivity contribution in [2.75, 3.05) is 12.0 Å². The number of aliphatic hydroxyl groups excluding tert-OH is 1. The van der Waals surface area contributed by atoms with Crippen molar-refractivity contribution < 1.29 is 29.4 Å². The number of carboxylic acids is 1. The minimum atomic E-state index is -1.44. The molecule has 0 aliphatic heterocycles. The Morgan fingerprint density at radius 2 is 1.66 bits per heavy atom. The Balaban J connectivity index is 2.13. The molecule has 12 heteroatoms. The highest BCUT2D eigenvalue weighted by Gasteiger charge is 2.33. The quantitative estimate of drug-likeness (QED) is 0.170. The molecule has 2 rings (SSSR count). The van der Waals surface area contributed by atoms with Crippen LogP contribution in [0, 0.1) is 5.92 Å². The number of aliphatic hydroxyl groups is 1. The van der Waals surface area contributed by atoms with Crippen LogP contribution in [0.5, 0.6) is 0 Å². The molecule has 0 aliphatic carbocycles. The molecule has 1 aromatic heterocycles. The monoisotopic (exact) mass is 549 g/mol. The first-order valence-corrected chi connectivity index (χ1v) is 13.9. The van der Waals surface area contributed by atoms with Crippen LogP contribution in [-0.4, -0.2) is 81.2 Å². The molecule has 0 radical (unpaired) electrons. The fourth-order valence-corrected chi connectivity index (χ4v) is 4.49. The van der Waals surface area contributed by atoms with Crippen molar-refractivity contribution in [2.45, 2.75) is 70.3 Å². The Morgan fingerprint density at radius 3 is 2.26 bits per heavy atom. The van der Waals surface area contributed by atoms with Crippen LogP contribution in [0.2, 0.25) is 0 Å². The topological polar surface area (TPSA) is 187 Å². The number of carboxylic acid groups (broad SMARTS) is 1. The first-order valence-electron chi connectivity index (χ1n) is 12.6. The summed E-state index contributed by atoms with van der Waals surface area (Å²) in [5.41, 5.74) is 7.46. The molecule has 5 unspecified atom stereocenters. The van der Waals surface area contributed by atoms with Gasteiger partial charge in [-0.15, -0.1) is 0 Å². The minimum absolute atomic E-state index is 0.00840. The molecule has 210 valence electrons. The second-order valence-corrected chi connectivity index (χ2v) is 10.8. The van der Waals surface area contributed by atoms with E-state index in [1.165, 1.54) is 6.92 Å². The molecule has 1 heterocycles. The Kier molecular flexibility index (Phi) is 12.1. The van der Waals surface area contributed by atoms with Gasteiger partial charge in [-0.3, -0.25) is 14.4 Å². The van der Waals surface area contributed by atoms with E-state index in [1.54, 1.807) is 18.0 Å². The zero-order valence-corrected chi connectivity index (χ0v) is 23.0. The zero-order valence-electron chi connectivity index (χ0n) is 22.2. The van der Waals surface area contributed by atoms with Gasteiger partial charge in [-0.1, -0.05) is 32.0 Å². The van der Waals surface area contributed by atoms with E-state index in [9.17, 15) is 29.4 Å². The number of carbonyl (C=O) groups is 4. The summed E-state index contributed by atoms with van der Waals surface area (Å²) < 4.78 is 0. The maximum Gasteiger partial charge on any atom is 0.326 e. The number of nitrogens with two attached hydrogens (primary N) is 1. The third kappa shape index (κ3) is 9.03. The lowest BCUT2D eigenvalue weighted by molar-refractivity contribution is -0.143. The molecule has 1 aromatic carbocycles. The number of aliphatic carboxylic acids is 1. The molecule has 2 aromatic rings. The summed E-state index contributed by atoms with van der Waals surface area (Å²) >= 11 is 1.55. The van der Waals surface area contributed by atoms with Gasteiger partial charge in [-0.25, -0.2) is 4.79 Å². The highest BCUT2D eigenvalue weighted by molar-refractivity contribution is 7.98. The summed E-state index contributed by atoms with van der Waals surface area (Å²) in [4.78, 5) is 53.7. The van der Waals surface area contributed by atoms with Crippen LogP contribution < -0.4 is 21.7 Å². The summed E-state index contributed by atoms with van der Waals surface area (Å²) in [7, 11) is 0. The zero-order chi connectivity index (χ0) is 28.4. The average molecular weight is 550 g/mol. The van der Waals surface area contributed by atoms with E-state index in [0.29, 0.717) is 17.7 Å². The predicted octanol–water partition coefficient (Wildman–Crippen LogP) is 0.757. The van der Waals surface area contributed by atoms with E-state index < -0.39 is 54.0 Å². The van der Waals surface area contributed by atoms with Crippen molar-refractivity contribution in [3.8, 4) is 0 Å². The van der Waals surface area contributed by atoms with E-state index in [4.69, 9.17) is 5.73 Å². The number of rotatable bonds is 15. The van der Waals surface area contributed by atoms with E-state index in [-0.39, 0.29) is 18.8 Å². The SMILES string of the molecule is CSCCC(N)C(=O)NC(CC(C)C)C(=O)NC(C(=O)NC(Cc1c[nH]c2ccccc12)C(=O)O)C(C)O. The maximum absolute atomic E-state index is 13.1. The molecule has 0 fully saturated rings. The number of benzene rings is 1. The van der Waals surface area contributed by atoms with Gasteiger partial charge in [-0.05, 0) is 49.3 Å². The second-order valence-electron chi connectivity index (χ2n) is 9.77. The molecule has 0 bridgehead atoms. The van der Waals surface area contributed by atoms with Crippen LogP contribution in [0.4, 0.5) is 0 Å². The largest absolute Gasteiger partial charge is 0.480 e. The van der Waals surface area contributed by atoms with Gasteiger partial charge in [0.25, 0.3) is 0 Å². The number of fused-ring (bicyclic) bond motifs is 1. The van der Waals surface area contributed by atoms with Crippen molar-refractivity contribution in [3.63, 3.8) is 0 Å². The lowest BCUT2D eigenvalue weighted by Gasteiger charge is -2.27. The van der Waals surface area contributed by atoms with Gasteiger partial charge in [0, 0.05) is 23.5 Å².